The Bertz CT molecular complexity index is 251. The molecule has 88 valence electrons. The lowest BCUT2D eigenvalue weighted by Crippen LogP contribution is -2.41. The summed E-state index contributed by atoms with van der Waals surface area (Å²) in [6.07, 6.45) is 0. The topological polar surface area (TPSA) is 35.5 Å². The second-order valence-corrected chi connectivity index (χ2v) is 9.73. The second kappa shape index (κ2) is 4.83. The predicted molar refractivity (Wildman–Crippen MR) is 64.1 cm³/mol. The molecular weight excluding hydrogens is 208 g/mol. The normalized spacial score (nSPS) is 12.1. The van der Waals surface area contributed by atoms with E-state index in [2.05, 4.69) is 40.4 Å². The lowest BCUT2D eigenvalue weighted by Gasteiger charge is -2.36. The number of ether oxygens (including phenoxy) is 1. The largest absolute Gasteiger partial charge is 0.539 e. The van der Waals surface area contributed by atoms with E-state index in [4.69, 9.17) is 9.16 Å². The number of hydrogen-bond acceptors (Lipinski definition) is 3. The Hall–Kier alpha value is -0.773. The molecule has 3 nitrogen and oxygen atoms in total. The number of esters is 1. The van der Waals surface area contributed by atoms with Crippen molar-refractivity contribution in [2.75, 3.05) is 6.61 Å². The first-order chi connectivity index (χ1) is 6.62. The zero-order chi connectivity index (χ0) is 12.3. The van der Waals surface area contributed by atoms with Crippen LogP contribution in [0.4, 0.5) is 0 Å². The predicted octanol–water partition coefficient (Wildman–Crippen LogP) is 3.09. The zero-order valence-corrected chi connectivity index (χ0v) is 11.6. The molecule has 0 aromatic carbocycles. The van der Waals surface area contributed by atoms with Gasteiger partial charge in [-0.05, 0) is 25.1 Å². The highest BCUT2D eigenvalue weighted by molar-refractivity contribution is 6.74. The van der Waals surface area contributed by atoms with Crippen molar-refractivity contribution in [3.8, 4) is 0 Å². The SMILES string of the molecule is C=C(O[Si](C)(C)C(C)(C)C)C(=O)OCC. The third-order valence-electron chi connectivity index (χ3n) is 2.69. The molecule has 0 bridgehead atoms. The minimum Gasteiger partial charge on any atom is -0.539 e. The van der Waals surface area contributed by atoms with Gasteiger partial charge in [-0.3, -0.25) is 0 Å². The van der Waals surface area contributed by atoms with Gasteiger partial charge in [0.15, 0.2) is 5.76 Å². The van der Waals surface area contributed by atoms with E-state index < -0.39 is 14.3 Å². The van der Waals surface area contributed by atoms with Crippen LogP contribution in [0.2, 0.25) is 18.1 Å². The number of hydrogen-bond donors (Lipinski definition) is 0. The van der Waals surface area contributed by atoms with Crippen LogP contribution < -0.4 is 0 Å². The highest BCUT2D eigenvalue weighted by atomic mass is 28.4. The summed E-state index contributed by atoms with van der Waals surface area (Å²) in [6.45, 7) is 16.2. The van der Waals surface area contributed by atoms with Crippen molar-refractivity contribution in [3.05, 3.63) is 12.3 Å². The molecule has 0 N–H and O–H groups in total. The summed E-state index contributed by atoms with van der Waals surface area (Å²) < 4.78 is 10.5. The first-order valence-electron chi connectivity index (χ1n) is 5.17. The summed E-state index contributed by atoms with van der Waals surface area (Å²) in [6, 6.07) is 0. The molecule has 0 aliphatic heterocycles. The van der Waals surface area contributed by atoms with Crippen molar-refractivity contribution in [1.29, 1.82) is 0 Å². The minimum absolute atomic E-state index is 0.0580. The fraction of sp³-hybridized carbons (Fsp3) is 0.727. The zero-order valence-electron chi connectivity index (χ0n) is 10.6. The van der Waals surface area contributed by atoms with Crippen LogP contribution in [0.3, 0.4) is 0 Å². The van der Waals surface area contributed by atoms with Crippen molar-refractivity contribution in [2.45, 2.75) is 45.8 Å². The Morgan fingerprint density at radius 1 is 1.33 bits per heavy atom. The molecule has 0 spiro atoms. The third-order valence-corrected chi connectivity index (χ3v) is 7.06. The van der Waals surface area contributed by atoms with Crippen molar-refractivity contribution in [3.63, 3.8) is 0 Å². The summed E-state index contributed by atoms with van der Waals surface area (Å²) in [4.78, 5) is 11.3. The van der Waals surface area contributed by atoms with E-state index in [1.807, 2.05) is 0 Å². The van der Waals surface area contributed by atoms with Gasteiger partial charge >= 0.3 is 5.97 Å². The van der Waals surface area contributed by atoms with Gasteiger partial charge in [0.2, 0.25) is 0 Å². The first kappa shape index (κ1) is 14.2. The molecule has 0 heterocycles. The molecule has 0 amide bonds. The average Bonchev–Trinajstić information content (AvgIpc) is 2.01. The van der Waals surface area contributed by atoms with Crippen LogP contribution in [-0.4, -0.2) is 20.9 Å². The van der Waals surface area contributed by atoms with Crippen LogP contribution in [0.25, 0.3) is 0 Å². The van der Waals surface area contributed by atoms with Gasteiger partial charge in [-0.25, -0.2) is 4.79 Å². The molecule has 4 heteroatoms. The van der Waals surface area contributed by atoms with Crippen molar-refractivity contribution < 1.29 is 14.0 Å². The highest BCUT2D eigenvalue weighted by Gasteiger charge is 2.40. The van der Waals surface area contributed by atoms with Gasteiger partial charge in [0.1, 0.15) is 0 Å². The van der Waals surface area contributed by atoms with Crippen molar-refractivity contribution in [2.24, 2.45) is 0 Å². The van der Waals surface area contributed by atoms with Crippen LogP contribution in [0.15, 0.2) is 12.3 Å². The van der Waals surface area contributed by atoms with E-state index in [-0.39, 0.29) is 10.8 Å². The maximum absolute atomic E-state index is 11.3. The Balaban J connectivity index is 4.48. The van der Waals surface area contributed by atoms with Crippen LogP contribution in [0, 0.1) is 0 Å². The van der Waals surface area contributed by atoms with E-state index in [0.29, 0.717) is 6.61 Å². The van der Waals surface area contributed by atoms with E-state index in [9.17, 15) is 4.79 Å². The van der Waals surface area contributed by atoms with Gasteiger partial charge in [0.05, 0.1) is 6.61 Å². The molecule has 0 atom stereocenters. The lowest BCUT2D eigenvalue weighted by molar-refractivity contribution is -0.141. The molecule has 0 aliphatic rings. The summed E-state index contributed by atoms with van der Waals surface area (Å²) in [5.41, 5.74) is 0. The fourth-order valence-electron chi connectivity index (χ4n) is 0.714. The molecule has 0 rings (SSSR count). The second-order valence-electron chi connectivity index (χ2n) is 5.01. The Kier molecular flexibility index (Phi) is 4.58. The smallest absolute Gasteiger partial charge is 0.371 e. The molecule has 0 fully saturated rings. The molecule has 0 aliphatic carbocycles. The summed E-state index contributed by atoms with van der Waals surface area (Å²) in [5.74, 6) is -0.328. The summed E-state index contributed by atoms with van der Waals surface area (Å²) in [7, 11) is -1.96. The molecule has 0 radical (unpaired) electrons. The number of carbonyl (C=O) groups is 1. The molecular formula is C11H22O3Si. The van der Waals surface area contributed by atoms with Gasteiger partial charge in [0, 0.05) is 0 Å². The average molecular weight is 230 g/mol. The van der Waals surface area contributed by atoms with Crippen LogP contribution in [-0.2, 0) is 14.0 Å². The Labute approximate surface area is 93.6 Å². The fourth-order valence-corrected chi connectivity index (χ4v) is 1.72. The van der Waals surface area contributed by atoms with Crippen LogP contribution in [0.1, 0.15) is 27.7 Å². The monoisotopic (exact) mass is 230 g/mol. The van der Waals surface area contributed by atoms with E-state index in [1.165, 1.54) is 0 Å². The van der Waals surface area contributed by atoms with Gasteiger partial charge in [-0.1, -0.05) is 27.4 Å². The molecule has 0 aromatic rings. The Morgan fingerprint density at radius 3 is 2.13 bits per heavy atom. The van der Waals surface area contributed by atoms with Crippen molar-refractivity contribution >= 4 is 14.3 Å². The molecule has 0 saturated carbocycles. The molecule has 0 unspecified atom stereocenters. The number of rotatable bonds is 4. The third kappa shape index (κ3) is 4.07. The van der Waals surface area contributed by atoms with Crippen LogP contribution in [0.5, 0.6) is 0 Å². The quantitative estimate of drug-likeness (QED) is 0.322. The van der Waals surface area contributed by atoms with Gasteiger partial charge in [-0.15, -0.1) is 0 Å². The molecule has 15 heavy (non-hydrogen) atoms. The first-order valence-corrected chi connectivity index (χ1v) is 8.07. The van der Waals surface area contributed by atoms with E-state index in [0.717, 1.165) is 0 Å². The number of carbonyl (C=O) groups excluding carboxylic acids is 1. The van der Waals surface area contributed by atoms with Crippen LogP contribution >= 0.6 is 0 Å². The maximum atomic E-state index is 11.3. The summed E-state index contributed by atoms with van der Waals surface area (Å²) >= 11 is 0. The Morgan fingerprint density at radius 2 is 1.80 bits per heavy atom. The van der Waals surface area contributed by atoms with Gasteiger partial charge in [0.25, 0.3) is 8.32 Å². The maximum Gasteiger partial charge on any atom is 0.371 e. The standard InChI is InChI=1S/C11H22O3Si/c1-8-13-10(12)9(2)14-15(6,7)11(3,4)5/h2,8H2,1,3-7H3. The van der Waals surface area contributed by atoms with E-state index >= 15 is 0 Å². The van der Waals surface area contributed by atoms with Gasteiger partial charge in [-0.2, -0.15) is 0 Å². The molecule has 0 aromatic heterocycles. The van der Waals surface area contributed by atoms with Crippen molar-refractivity contribution in [1.82, 2.24) is 0 Å². The van der Waals surface area contributed by atoms with Gasteiger partial charge < -0.3 is 9.16 Å². The highest BCUT2D eigenvalue weighted by Crippen LogP contribution is 2.37. The lowest BCUT2D eigenvalue weighted by atomic mass is 10.2. The van der Waals surface area contributed by atoms with E-state index in [1.54, 1.807) is 6.92 Å². The minimum atomic E-state index is -1.96. The molecule has 0 saturated heterocycles. The summed E-state index contributed by atoms with van der Waals surface area (Å²) in [5, 5.41) is 0.0580.